The lowest BCUT2D eigenvalue weighted by Crippen LogP contribution is -2.04. The smallest absolute Gasteiger partial charge is 0.248 e. The Balaban J connectivity index is 1.80. The summed E-state index contributed by atoms with van der Waals surface area (Å²) in [4.78, 5) is 4.40. The maximum absolute atomic E-state index is 5.29. The van der Waals surface area contributed by atoms with E-state index in [0.29, 0.717) is 18.3 Å². The van der Waals surface area contributed by atoms with E-state index in [4.69, 9.17) is 9.26 Å². The van der Waals surface area contributed by atoms with Gasteiger partial charge in [0.15, 0.2) is 0 Å². The molecule has 108 valence electrons. The van der Waals surface area contributed by atoms with Gasteiger partial charge < -0.3 is 9.26 Å². The molecule has 3 rings (SSSR count). The Kier molecular flexibility index (Phi) is 3.43. The van der Waals surface area contributed by atoms with E-state index in [9.17, 15) is 0 Å². The van der Waals surface area contributed by atoms with Crippen molar-refractivity contribution in [1.82, 2.24) is 19.9 Å². The number of aromatic nitrogens is 4. The molecule has 0 aliphatic heterocycles. The number of benzene rings is 1. The topological polar surface area (TPSA) is 66.0 Å². The quantitative estimate of drug-likeness (QED) is 0.736. The lowest BCUT2D eigenvalue weighted by atomic mass is 10.2. The van der Waals surface area contributed by atoms with Gasteiger partial charge in [0.05, 0.1) is 12.8 Å². The Hall–Kier alpha value is -2.63. The number of hydrogen-bond donors (Lipinski definition) is 0. The van der Waals surface area contributed by atoms with Crippen LogP contribution in [0.1, 0.15) is 17.3 Å². The summed E-state index contributed by atoms with van der Waals surface area (Å²) in [5, 5.41) is 8.39. The van der Waals surface area contributed by atoms with Crippen molar-refractivity contribution in [2.75, 3.05) is 7.11 Å². The summed E-state index contributed by atoms with van der Waals surface area (Å²) in [6.45, 7) is 4.43. The van der Waals surface area contributed by atoms with Crippen LogP contribution in [0, 0.1) is 13.8 Å². The van der Waals surface area contributed by atoms with Crippen LogP contribution in [0.4, 0.5) is 0 Å². The maximum atomic E-state index is 5.29. The fraction of sp³-hybridized carbons (Fsp3) is 0.267. The van der Waals surface area contributed by atoms with Gasteiger partial charge in [-0.1, -0.05) is 5.16 Å². The number of nitrogens with zero attached hydrogens (tertiary/aromatic N) is 4. The number of methoxy groups -OCH3 is 1. The highest BCUT2D eigenvalue weighted by atomic mass is 16.5. The Morgan fingerprint density at radius 1 is 1.19 bits per heavy atom. The van der Waals surface area contributed by atoms with E-state index in [-0.39, 0.29) is 0 Å². The molecule has 0 aliphatic rings. The van der Waals surface area contributed by atoms with E-state index in [1.807, 2.05) is 48.9 Å². The zero-order valence-corrected chi connectivity index (χ0v) is 12.2. The van der Waals surface area contributed by atoms with Gasteiger partial charge in [-0.2, -0.15) is 10.1 Å². The second-order valence-corrected chi connectivity index (χ2v) is 4.82. The summed E-state index contributed by atoms with van der Waals surface area (Å²) >= 11 is 0. The molecule has 2 aromatic heterocycles. The molecule has 0 radical (unpaired) electrons. The second-order valence-electron chi connectivity index (χ2n) is 4.82. The van der Waals surface area contributed by atoms with Crippen molar-refractivity contribution in [2.45, 2.75) is 20.4 Å². The van der Waals surface area contributed by atoms with Crippen LogP contribution < -0.4 is 4.74 Å². The van der Waals surface area contributed by atoms with Crippen molar-refractivity contribution in [1.29, 1.82) is 0 Å². The zero-order chi connectivity index (χ0) is 14.8. The molecule has 0 saturated carbocycles. The van der Waals surface area contributed by atoms with E-state index in [1.54, 1.807) is 7.11 Å². The third kappa shape index (κ3) is 2.79. The molecule has 6 heteroatoms. The van der Waals surface area contributed by atoms with Crippen LogP contribution in [-0.4, -0.2) is 27.0 Å². The minimum Gasteiger partial charge on any atom is -0.497 e. The van der Waals surface area contributed by atoms with Gasteiger partial charge in [-0.15, -0.1) is 0 Å². The van der Waals surface area contributed by atoms with Crippen molar-refractivity contribution >= 4 is 0 Å². The number of rotatable bonds is 4. The molecule has 0 atom stereocenters. The average Bonchev–Trinajstić information content (AvgIpc) is 3.07. The SMILES string of the molecule is COc1ccc(-c2noc(Cn3nc(C)cc3C)n2)cc1. The second kappa shape index (κ2) is 5.40. The third-order valence-corrected chi connectivity index (χ3v) is 3.20. The first-order chi connectivity index (χ1) is 10.2. The van der Waals surface area contributed by atoms with E-state index in [0.717, 1.165) is 22.7 Å². The number of ether oxygens (including phenoxy) is 1. The van der Waals surface area contributed by atoms with Crippen molar-refractivity contribution in [3.8, 4) is 17.1 Å². The van der Waals surface area contributed by atoms with Crippen molar-refractivity contribution in [2.24, 2.45) is 0 Å². The van der Waals surface area contributed by atoms with Crippen LogP contribution in [0.25, 0.3) is 11.4 Å². The summed E-state index contributed by atoms with van der Waals surface area (Å²) < 4.78 is 12.3. The lowest BCUT2D eigenvalue weighted by molar-refractivity contribution is 0.364. The van der Waals surface area contributed by atoms with Crippen LogP contribution in [0.3, 0.4) is 0 Å². The Labute approximate surface area is 122 Å². The lowest BCUT2D eigenvalue weighted by Gasteiger charge is -1.99. The van der Waals surface area contributed by atoms with Gasteiger partial charge >= 0.3 is 0 Å². The normalized spacial score (nSPS) is 10.8. The maximum Gasteiger partial charge on any atom is 0.248 e. The van der Waals surface area contributed by atoms with E-state index < -0.39 is 0 Å². The molecule has 0 saturated heterocycles. The molecule has 0 amide bonds. The Bertz CT molecular complexity index is 743. The summed E-state index contributed by atoms with van der Waals surface area (Å²) in [5.41, 5.74) is 2.93. The molecule has 1 aromatic carbocycles. The highest BCUT2D eigenvalue weighted by Crippen LogP contribution is 2.20. The first-order valence-corrected chi connectivity index (χ1v) is 6.64. The highest BCUT2D eigenvalue weighted by molar-refractivity contribution is 5.55. The average molecular weight is 284 g/mol. The van der Waals surface area contributed by atoms with Gasteiger partial charge in [-0.3, -0.25) is 4.68 Å². The number of aryl methyl sites for hydroxylation is 2. The Morgan fingerprint density at radius 3 is 2.57 bits per heavy atom. The zero-order valence-electron chi connectivity index (χ0n) is 12.2. The van der Waals surface area contributed by atoms with Gasteiger partial charge in [0.2, 0.25) is 11.7 Å². The van der Waals surface area contributed by atoms with Crippen LogP contribution >= 0.6 is 0 Å². The van der Waals surface area contributed by atoms with Crippen LogP contribution in [0.5, 0.6) is 5.75 Å². The summed E-state index contributed by atoms with van der Waals surface area (Å²) in [7, 11) is 1.63. The molecule has 0 unspecified atom stereocenters. The first kappa shape index (κ1) is 13.4. The van der Waals surface area contributed by atoms with Crippen LogP contribution in [0.2, 0.25) is 0 Å². The minimum atomic E-state index is 0.475. The van der Waals surface area contributed by atoms with E-state index in [2.05, 4.69) is 15.2 Å². The molecular formula is C15H16N4O2. The molecule has 2 heterocycles. The van der Waals surface area contributed by atoms with Crippen molar-refractivity contribution < 1.29 is 9.26 Å². The first-order valence-electron chi connectivity index (χ1n) is 6.64. The Morgan fingerprint density at radius 2 is 1.95 bits per heavy atom. The van der Waals surface area contributed by atoms with Gasteiger partial charge in [0.25, 0.3) is 0 Å². The van der Waals surface area contributed by atoms with Gasteiger partial charge in [0.1, 0.15) is 12.3 Å². The third-order valence-electron chi connectivity index (χ3n) is 3.20. The predicted octanol–water partition coefficient (Wildman–Crippen LogP) is 2.61. The van der Waals surface area contributed by atoms with E-state index >= 15 is 0 Å². The fourth-order valence-corrected chi connectivity index (χ4v) is 2.14. The van der Waals surface area contributed by atoms with Crippen molar-refractivity contribution in [3.05, 3.63) is 47.6 Å². The molecule has 0 aliphatic carbocycles. The highest BCUT2D eigenvalue weighted by Gasteiger charge is 2.11. The van der Waals surface area contributed by atoms with Crippen molar-refractivity contribution in [3.63, 3.8) is 0 Å². The summed E-state index contributed by atoms with van der Waals surface area (Å²) in [6.07, 6.45) is 0. The summed E-state index contributed by atoms with van der Waals surface area (Å²) in [6, 6.07) is 9.55. The van der Waals surface area contributed by atoms with E-state index in [1.165, 1.54) is 0 Å². The fourth-order valence-electron chi connectivity index (χ4n) is 2.14. The molecule has 3 aromatic rings. The van der Waals surface area contributed by atoms with Gasteiger partial charge in [0, 0.05) is 11.3 Å². The van der Waals surface area contributed by atoms with Crippen LogP contribution in [-0.2, 0) is 6.54 Å². The molecule has 0 fully saturated rings. The number of hydrogen-bond acceptors (Lipinski definition) is 5. The minimum absolute atomic E-state index is 0.475. The molecule has 0 N–H and O–H groups in total. The molecule has 0 spiro atoms. The monoisotopic (exact) mass is 284 g/mol. The summed E-state index contributed by atoms with van der Waals surface area (Å²) in [5.74, 6) is 1.89. The molecular weight excluding hydrogens is 268 g/mol. The van der Waals surface area contributed by atoms with Crippen LogP contribution in [0.15, 0.2) is 34.9 Å². The standard InChI is InChI=1S/C15H16N4O2/c1-10-8-11(2)19(17-10)9-14-16-15(18-21-14)12-4-6-13(20-3)7-5-12/h4-8H,9H2,1-3H3. The van der Waals surface area contributed by atoms with Gasteiger partial charge in [-0.05, 0) is 44.2 Å². The molecule has 0 bridgehead atoms. The largest absolute Gasteiger partial charge is 0.497 e. The van der Waals surface area contributed by atoms with Gasteiger partial charge in [-0.25, -0.2) is 0 Å². The molecule has 6 nitrogen and oxygen atoms in total. The molecule has 21 heavy (non-hydrogen) atoms. The predicted molar refractivity (Wildman–Crippen MR) is 77.1 cm³/mol.